The molecule has 536 valence electrons. The predicted molar refractivity (Wildman–Crippen MR) is 476 cm³/mol. The van der Waals surface area contributed by atoms with Crippen LogP contribution in [0.25, 0.3) is 227 Å². The number of hydrogen-bond donors (Lipinski definition) is 0. The molecule has 24 aromatic rings. The molecule has 0 unspecified atom stereocenters. The third-order valence-corrected chi connectivity index (χ3v) is 24.9. The van der Waals surface area contributed by atoms with Gasteiger partial charge in [0.1, 0.15) is 11.2 Å². The third-order valence-electron chi connectivity index (χ3n) is 24.9. The molecule has 0 bridgehead atoms. The second kappa shape index (κ2) is 23.9. The topological polar surface area (TPSA) is 76.5 Å². The first-order chi connectivity index (χ1) is 56.7. The van der Waals surface area contributed by atoms with E-state index in [2.05, 4.69) is 389 Å². The highest BCUT2D eigenvalue weighted by molar-refractivity contribution is 6.17. The molecule has 0 saturated carbocycles. The average molecular weight is 1470 g/mol. The smallest absolute Gasteiger partial charge is 0.240 e. The first kappa shape index (κ1) is 63.6. The van der Waals surface area contributed by atoms with Crippen LogP contribution in [0, 0.1) is 0 Å². The summed E-state index contributed by atoms with van der Waals surface area (Å²) in [4.78, 5) is 17.1. The second-order valence-electron chi connectivity index (χ2n) is 31.5. The SMILES string of the molecule is CC1(C)c2ccccc2-c2cc3c4ccccc4n(-c4nc(-c5ccc6cc(-n7c8cc(-c9ccc%10c(c9)c9ccccc9n%10-c9ccccc9)ccc8c8ccc(-c9ccc%10c(c9)c9ccccc9n%10-c9ccccc9)cc87)ccc6c5)nc(-n5c6ccccc6c6cc(-c7ccc8oc9ccccc9c8c7)ccc65)n4)c3cc21. The third kappa shape index (κ3) is 9.34. The van der Waals surface area contributed by atoms with Gasteiger partial charge in [-0.3, -0.25) is 9.13 Å². The quantitative estimate of drug-likeness (QED) is 0.144. The fourth-order valence-corrected chi connectivity index (χ4v) is 19.5. The predicted octanol–water partition coefficient (Wildman–Crippen LogP) is 27.4. The lowest BCUT2D eigenvalue weighted by atomic mass is 9.82. The molecule has 0 amide bonds. The fraction of sp³-hybridized carbons (Fsp3) is 0.0283. The van der Waals surface area contributed by atoms with Crippen LogP contribution in [0.4, 0.5) is 0 Å². The monoisotopic (exact) mass is 1470 g/mol. The Balaban J connectivity index is 0.674. The Kier molecular flexibility index (Phi) is 13.2. The molecule has 0 spiro atoms. The summed E-state index contributed by atoms with van der Waals surface area (Å²) >= 11 is 0. The van der Waals surface area contributed by atoms with Crippen molar-refractivity contribution in [3.05, 3.63) is 375 Å². The highest BCUT2D eigenvalue weighted by Gasteiger charge is 2.37. The molecular weight excluding hydrogens is 1400 g/mol. The standard InChI is InChI=1S/C106H66N8O/c1-106(2)89-31-15-9-25-75(89)83-61-87-79-29-13-19-35-94(79)114(100(87)62-90(83)106)105-108-103(107-104(109-105)113-93-34-18-12-28-78(93)86-55-65(44-51-97(86)113)68-45-52-102-88(58-68)82-30-14-20-36-101(82)115-102)71-38-37-64-54-74(46-39-63(64)53-71)112-98-59-69(66-42-49-95-84(56-66)76-26-10-16-32-91(76)110(95)72-21-5-3-6-22-72)40-47-80(98)81-48-41-70(60-99(81)112)67-43-50-96-85(57-67)77-27-11-17-33-92(77)111(96)73-23-7-4-8-24-73/h3-62H,1-2H3. The van der Waals surface area contributed by atoms with Crippen molar-refractivity contribution >= 4 is 142 Å². The Hall–Kier alpha value is -15.2. The number of fused-ring (bicyclic) bond motifs is 22. The van der Waals surface area contributed by atoms with Crippen molar-refractivity contribution in [1.82, 2.24) is 37.8 Å². The highest BCUT2D eigenvalue weighted by Crippen LogP contribution is 2.52. The van der Waals surface area contributed by atoms with Crippen LogP contribution in [0.15, 0.2) is 368 Å². The van der Waals surface area contributed by atoms with E-state index >= 15 is 0 Å². The van der Waals surface area contributed by atoms with E-state index in [0.29, 0.717) is 17.7 Å². The van der Waals surface area contributed by atoms with Crippen molar-refractivity contribution in [3.8, 4) is 84.9 Å². The molecular formula is C106H66N8O. The van der Waals surface area contributed by atoms with Crippen molar-refractivity contribution < 1.29 is 4.42 Å². The number of benzene rings is 17. The van der Waals surface area contributed by atoms with Crippen molar-refractivity contribution in [2.75, 3.05) is 0 Å². The maximum absolute atomic E-state index is 6.31. The van der Waals surface area contributed by atoms with Gasteiger partial charge in [-0.1, -0.05) is 232 Å². The molecule has 0 fully saturated rings. The molecule has 25 rings (SSSR count). The minimum atomic E-state index is -0.249. The van der Waals surface area contributed by atoms with Gasteiger partial charge in [0.05, 0.1) is 55.2 Å². The minimum absolute atomic E-state index is 0.249. The van der Waals surface area contributed by atoms with Gasteiger partial charge in [0.2, 0.25) is 11.9 Å². The van der Waals surface area contributed by atoms with E-state index in [1.165, 1.54) is 76.6 Å². The first-order valence-corrected chi connectivity index (χ1v) is 39.4. The van der Waals surface area contributed by atoms with Crippen molar-refractivity contribution in [1.29, 1.82) is 0 Å². The molecule has 0 aliphatic heterocycles. The summed E-state index contributed by atoms with van der Waals surface area (Å²) in [5.74, 6) is 1.60. The Bertz CT molecular complexity index is 8110. The number of nitrogens with zero attached hydrogens (tertiary/aromatic N) is 8. The zero-order chi connectivity index (χ0) is 75.5. The molecule has 1 aliphatic carbocycles. The van der Waals surface area contributed by atoms with Gasteiger partial charge in [-0.15, -0.1) is 0 Å². The lowest BCUT2D eigenvalue weighted by Gasteiger charge is -2.21. The number of rotatable bonds is 9. The van der Waals surface area contributed by atoms with Crippen LogP contribution in [0.3, 0.4) is 0 Å². The van der Waals surface area contributed by atoms with E-state index < -0.39 is 0 Å². The Morgan fingerprint density at radius 3 is 1.17 bits per heavy atom. The van der Waals surface area contributed by atoms with E-state index in [-0.39, 0.29) is 5.41 Å². The lowest BCUT2D eigenvalue weighted by Crippen LogP contribution is -2.15. The highest BCUT2D eigenvalue weighted by atomic mass is 16.3. The molecule has 0 atom stereocenters. The van der Waals surface area contributed by atoms with Crippen LogP contribution < -0.4 is 0 Å². The van der Waals surface area contributed by atoms with Gasteiger partial charge in [0.25, 0.3) is 0 Å². The first-order valence-electron chi connectivity index (χ1n) is 39.4. The van der Waals surface area contributed by atoms with Crippen molar-refractivity contribution in [2.24, 2.45) is 0 Å². The summed E-state index contributed by atoms with van der Waals surface area (Å²) in [7, 11) is 0. The van der Waals surface area contributed by atoms with Crippen molar-refractivity contribution in [2.45, 2.75) is 19.3 Å². The van der Waals surface area contributed by atoms with Crippen LogP contribution in [-0.4, -0.2) is 37.8 Å². The van der Waals surface area contributed by atoms with Gasteiger partial charge in [-0.2, -0.15) is 15.0 Å². The number of hydrogen-bond acceptors (Lipinski definition) is 4. The van der Waals surface area contributed by atoms with Crippen LogP contribution in [0.2, 0.25) is 0 Å². The fourth-order valence-electron chi connectivity index (χ4n) is 19.5. The number of furan rings is 1. The normalized spacial score (nSPS) is 12.9. The van der Waals surface area contributed by atoms with E-state index in [0.717, 1.165) is 143 Å². The van der Waals surface area contributed by atoms with Gasteiger partial charge in [-0.05, 0) is 212 Å². The van der Waals surface area contributed by atoms with E-state index in [1.807, 2.05) is 12.1 Å². The number of aromatic nitrogens is 8. The molecule has 17 aromatic carbocycles. The summed E-state index contributed by atoms with van der Waals surface area (Å²) in [6.45, 7) is 4.70. The van der Waals surface area contributed by atoms with Crippen molar-refractivity contribution in [3.63, 3.8) is 0 Å². The van der Waals surface area contributed by atoms with E-state index in [1.54, 1.807) is 0 Å². The van der Waals surface area contributed by atoms with Gasteiger partial charge < -0.3 is 18.1 Å². The summed E-state index contributed by atoms with van der Waals surface area (Å²) in [5, 5.41) is 16.0. The Morgan fingerprint density at radius 1 is 0.217 bits per heavy atom. The molecule has 0 saturated heterocycles. The maximum Gasteiger partial charge on any atom is 0.240 e. The molecule has 1 aliphatic rings. The van der Waals surface area contributed by atoms with E-state index in [9.17, 15) is 0 Å². The summed E-state index contributed by atoms with van der Waals surface area (Å²) in [5.41, 5.74) is 28.6. The molecule has 9 nitrogen and oxygen atoms in total. The zero-order valence-electron chi connectivity index (χ0n) is 62.6. The van der Waals surface area contributed by atoms with Gasteiger partial charge in [0.15, 0.2) is 5.82 Å². The van der Waals surface area contributed by atoms with Gasteiger partial charge in [0, 0.05) is 92.7 Å². The minimum Gasteiger partial charge on any atom is -0.456 e. The second-order valence-corrected chi connectivity index (χ2v) is 31.5. The molecule has 7 aromatic heterocycles. The van der Waals surface area contributed by atoms with Gasteiger partial charge in [-0.25, -0.2) is 0 Å². The van der Waals surface area contributed by atoms with E-state index in [4.69, 9.17) is 19.4 Å². The Morgan fingerprint density at radius 2 is 0.600 bits per heavy atom. The molecule has 0 N–H and O–H groups in total. The largest absolute Gasteiger partial charge is 0.456 e. The zero-order valence-corrected chi connectivity index (χ0v) is 62.6. The van der Waals surface area contributed by atoms with Crippen LogP contribution in [0.1, 0.15) is 25.0 Å². The molecule has 9 heteroatoms. The number of para-hydroxylation sites is 7. The van der Waals surface area contributed by atoms with Gasteiger partial charge >= 0.3 is 0 Å². The summed E-state index contributed by atoms with van der Waals surface area (Å²) < 4.78 is 18.1. The maximum atomic E-state index is 6.31. The average Bonchev–Trinajstić information content (AvgIpc) is 1.55. The molecule has 115 heavy (non-hydrogen) atoms. The lowest BCUT2D eigenvalue weighted by molar-refractivity contribution is 0.661. The van der Waals surface area contributed by atoms with Crippen LogP contribution in [0.5, 0.6) is 0 Å². The summed E-state index contributed by atoms with van der Waals surface area (Å²) in [6, 6.07) is 133. The summed E-state index contributed by atoms with van der Waals surface area (Å²) in [6.07, 6.45) is 0. The Labute approximate surface area is 659 Å². The molecule has 0 radical (unpaired) electrons. The van der Waals surface area contributed by atoms with Crippen LogP contribution >= 0.6 is 0 Å². The molecule has 7 heterocycles. The van der Waals surface area contributed by atoms with Crippen LogP contribution in [-0.2, 0) is 5.41 Å².